The second kappa shape index (κ2) is 8.11. The van der Waals surface area contributed by atoms with E-state index < -0.39 is 8.32 Å². The minimum absolute atomic E-state index is 0.0208. The average Bonchev–Trinajstić information content (AvgIpc) is 2.13. The third-order valence-corrected chi connectivity index (χ3v) is 4.24. The van der Waals surface area contributed by atoms with E-state index in [1.54, 1.807) is 0 Å². The Balaban J connectivity index is 3.78. The summed E-state index contributed by atoms with van der Waals surface area (Å²) < 4.78 is 6.20. The Labute approximate surface area is 115 Å². The van der Waals surface area contributed by atoms with Crippen LogP contribution in [0.4, 0.5) is 0 Å². The number of carbonyl (C=O) groups is 1. The Hall–Kier alpha value is -0.153. The van der Waals surface area contributed by atoms with Gasteiger partial charge in [-0.3, -0.25) is 0 Å². The van der Waals surface area contributed by atoms with Crippen LogP contribution in [0.3, 0.4) is 0 Å². The van der Waals surface area contributed by atoms with Gasteiger partial charge in [0, 0.05) is 6.42 Å². The van der Waals surface area contributed by atoms with Gasteiger partial charge in [-0.15, -0.1) is 0 Å². The maximum absolute atomic E-state index is 10.3. The first-order valence-electron chi connectivity index (χ1n) is 7.30. The zero-order valence-electron chi connectivity index (χ0n) is 13.2. The number of unbranched alkanes of at least 4 members (excludes halogenated alkanes) is 1. The van der Waals surface area contributed by atoms with Gasteiger partial charge < -0.3 is 9.22 Å². The minimum Gasteiger partial charge on any atom is -0.413 e. The molecule has 0 rings (SSSR count). The summed E-state index contributed by atoms with van der Waals surface area (Å²) in [6.07, 6.45) is 7.56. The van der Waals surface area contributed by atoms with Crippen molar-refractivity contribution in [3.8, 4) is 0 Å². The van der Waals surface area contributed by atoms with Gasteiger partial charge in [0.15, 0.2) is 8.32 Å². The molecule has 0 bridgehead atoms. The van der Waals surface area contributed by atoms with E-state index in [4.69, 9.17) is 4.43 Å². The molecule has 0 heterocycles. The zero-order chi connectivity index (χ0) is 14.2. The SMILES string of the molecule is CC(CCCC=O)CCCC(C)(C)O[Si](C)(C)C. The molecule has 18 heavy (non-hydrogen) atoms. The lowest BCUT2D eigenvalue weighted by Gasteiger charge is -2.33. The van der Waals surface area contributed by atoms with Gasteiger partial charge in [0.1, 0.15) is 6.29 Å². The van der Waals surface area contributed by atoms with Crippen LogP contribution in [-0.2, 0) is 9.22 Å². The first kappa shape index (κ1) is 17.8. The highest BCUT2D eigenvalue weighted by Crippen LogP contribution is 2.25. The summed E-state index contributed by atoms with van der Waals surface area (Å²) in [5.74, 6) is 0.729. The summed E-state index contributed by atoms with van der Waals surface area (Å²) in [7, 11) is -1.43. The van der Waals surface area contributed by atoms with Crippen LogP contribution in [0.15, 0.2) is 0 Å². The first-order chi connectivity index (χ1) is 8.16. The molecule has 0 aliphatic carbocycles. The Morgan fingerprint density at radius 2 is 1.72 bits per heavy atom. The summed E-state index contributed by atoms with van der Waals surface area (Å²) >= 11 is 0. The van der Waals surface area contributed by atoms with Crippen LogP contribution >= 0.6 is 0 Å². The molecule has 0 aromatic rings. The van der Waals surface area contributed by atoms with Gasteiger partial charge in [-0.05, 0) is 52.2 Å². The molecule has 0 radical (unpaired) electrons. The molecule has 2 nitrogen and oxygen atoms in total. The van der Waals surface area contributed by atoms with Crippen LogP contribution in [0.2, 0.25) is 19.6 Å². The summed E-state index contributed by atoms with van der Waals surface area (Å²) in [6.45, 7) is 13.5. The van der Waals surface area contributed by atoms with Gasteiger partial charge >= 0.3 is 0 Å². The zero-order valence-corrected chi connectivity index (χ0v) is 14.2. The van der Waals surface area contributed by atoms with Crippen molar-refractivity contribution in [3.63, 3.8) is 0 Å². The van der Waals surface area contributed by atoms with E-state index in [0.29, 0.717) is 6.42 Å². The lowest BCUT2D eigenvalue weighted by Crippen LogP contribution is -2.38. The number of rotatable bonds is 10. The lowest BCUT2D eigenvalue weighted by atomic mass is 9.94. The van der Waals surface area contributed by atoms with Crippen molar-refractivity contribution in [1.82, 2.24) is 0 Å². The maximum atomic E-state index is 10.3. The largest absolute Gasteiger partial charge is 0.413 e. The molecule has 0 fully saturated rings. The number of hydrogen-bond acceptors (Lipinski definition) is 2. The van der Waals surface area contributed by atoms with Gasteiger partial charge in [-0.1, -0.05) is 26.2 Å². The molecule has 0 aliphatic rings. The molecular formula is C15H32O2Si. The van der Waals surface area contributed by atoms with E-state index in [2.05, 4.69) is 40.4 Å². The third kappa shape index (κ3) is 11.0. The molecule has 108 valence electrons. The van der Waals surface area contributed by atoms with Crippen LogP contribution in [0.5, 0.6) is 0 Å². The fraction of sp³-hybridized carbons (Fsp3) is 0.933. The van der Waals surface area contributed by atoms with Gasteiger partial charge in [0.2, 0.25) is 0 Å². The molecule has 0 amide bonds. The Morgan fingerprint density at radius 1 is 1.17 bits per heavy atom. The molecule has 0 N–H and O–H groups in total. The normalized spacial score (nSPS) is 14.6. The number of carbonyl (C=O) groups excluding carboxylic acids is 1. The van der Waals surface area contributed by atoms with Crippen LogP contribution in [-0.4, -0.2) is 20.2 Å². The highest BCUT2D eigenvalue weighted by molar-refractivity contribution is 6.69. The molecule has 0 aromatic heterocycles. The standard InChI is InChI=1S/C15H32O2Si/c1-14(10-7-8-13-16)11-9-12-15(2,3)17-18(4,5)6/h13-14H,7-12H2,1-6H3. The van der Waals surface area contributed by atoms with E-state index in [1.165, 1.54) is 19.3 Å². The van der Waals surface area contributed by atoms with E-state index in [0.717, 1.165) is 25.0 Å². The summed E-state index contributed by atoms with van der Waals surface area (Å²) in [5, 5.41) is 0. The topological polar surface area (TPSA) is 26.3 Å². The van der Waals surface area contributed by atoms with Crippen molar-refractivity contribution < 1.29 is 9.22 Å². The Kier molecular flexibility index (Phi) is 8.04. The van der Waals surface area contributed by atoms with E-state index in [9.17, 15) is 4.79 Å². The highest BCUT2D eigenvalue weighted by atomic mass is 28.4. The van der Waals surface area contributed by atoms with Gasteiger partial charge in [-0.25, -0.2) is 0 Å². The molecule has 0 aromatic carbocycles. The predicted molar refractivity (Wildman–Crippen MR) is 81.4 cm³/mol. The van der Waals surface area contributed by atoms with Crippen molar-refractivity contribution >= 4 is 14.6 Å². The van der Waals surface area contributed by atoms with E-state index >= 15 is 0 Å². The monoisotopic (exact) mass is 272 g/mol. The van der Waals surface area contributed by atoms with Crippen molar-refractivity contribution in [2.75, 3.05) is 0 Å². The first-order valence-corrected chi connectivity index (χ1v) is 10.7. The molecule has 0 aliphatic heterocycles. The van der Waals surface area contributed by atoms with Crippen LogP contribution in [0.25, 0.3) is 0 Å². The second-order valence-corrected chi connectivity index (χ2v) is 11.5. The molecule has 3 heteroatoms. The fourth-order valence-corrected chi connectivity index (χ4v) is 4.21. The average molecular weight is 273 g/mol. The van der Waals surface area contributed by atoms with Crippen molar-refractivity contribution in [2.45, 2.75) is 84.5 Å². The van der Waals surface area contributed by atoms with E-state index in [-0.39, 0.29) is 5.60 Å². The molecular weight excluding hydrogens is 240 g/mol. The van der Waals surface area contributed by atoms with Crippen molar-refractivity contribution in [3.05, 3.63) is 0 Å². The third-order valence-electron chi connectivity index (χ3n) is 3.08. The van der Waals surface area contributed by atoms with Gasteiger partial charge in [-0.2, -0.15) is 0 Å². The summed E-state index contributed by atoms with van der Waals surface area (Å²) in [5.41, 5.74) is 0.0208. The molecule has 0 saturated carbocycles. The molecule has 0 spiro atoms. The summed E-state index contributed by atoms with van der Waals surface area (Å²) in [6, 6.07) is 0. The maximum Gasteiger partial charge on any atom is 0.184 e. The smallest absolute Gasteiger partial charge is 0.184 e. The fourth-order valence-electron chi connectivity index (χ4n) is 2.45. The Bertz CT molecular complexity index is 231. The van der Waals surface area contributed by atoms with Gasteiger partial charge in [0.25, 0.3) is 0 Å². The van der Waals surface area contributed by atoms with Crippen LogP contribution in [0, 0.1) is 5.92 Å². The quantitative estimate of drug-likeness (QED) is 0.324. The Morgan fingerprint density at radius 3 is 2.22 bits per heavy atom. The number of hydrogen-bond donors (Lipinski definition) is 0. The van der Waals surface area contributed by atoms with Crippen molar-refractivity contribution in [1.29, 1.82) is 0 Å². The van der Waals surface area contributed by atoms with Crippen LogP contribution in [0.1, 0.15) is 59.3 Å². The minimum atomic E-state index is -1.43. The predicted octanol–water partition coefficient (Wildman–Crippen LogP) is 4.79. The highest BCUT2D eigenvalue weighted by Gasteiger charge is 2.26. The molecule has 1 atom stereocenters. The van der Waals surface area contributed by atoms with Gasteiger partial charge in [0.05, 0.1) is 5.60 Å². The van der Waals surface area contributed by atoms with E-state index in [1.807, 2.05) is 0 Å². The molecule has 1 unspecified atom stereocenters. The summed E-state index contributed by atoms with van der Waals surface area (Å²) in [4.78, 5) is 10.3. The molecule has 0 saturated heterocycles. The lowest BCUT2D eigenvalue weighted by molar-refractivity contribution is -0.107. The number of aldehydes is 1. The van der Waals surface area contributed by atoms with Crippen molar-refractivity contribution in [2.24, 2.45) is 5.92 Å². The second-order valence-electron chi connectivity index (χ2n) is 7.07. The van der Waals surface area contributed by atoms with Crippen LogP contribution < -0.4 is 0 Å².